The van der Waals surface area contributed by atoms with Crippen molar-refractivity contribution in [1.29, 1.82) is 0 Å². The van der Waals surface area contributed by atoms with E-state index in [0.717, 1.165) is 31.9 Å². The van der Waals surface area contributed by atoms with Gasteiger partial charge in [0.2, 0.25) is 0 Å². The Morgan fingerprint density at radius 3 is 2.56 bits per heavy atom. The summed E-state index contributed by atoms with van der Waals surface area (Å²) in [4.78, 5) is 0. The first-order valence-electron chi connectivity index (χ1n) is 7.00. The summed E-state index contributed by atoms with van der Waals surface area (Å²) < 4.78 is 5.76. The van der Waals surface area contributed by atoms with Gasteiger partial charge < -0.3 is 10.1 Å². The van der Waals surface area contributed by atoms with Crippen molar-refractivity contribution >= 4 is 0 Å². The average molecular weight is 249 g/mol. The predicted octanol–water partition coefficient (Wildman–Crippen LogP) is 3.86. The van der Waals surface area contributed by atoms with Crippen LogP contribution in [-0.4, -0.2) is 13.2 Å². The van der Waals surface area contributed by atoms with Crippen molar-refractivity contribution in [1.82, 2.24) is 5.32 Å². The van der Waals surface area contributed by atoms with Gasteiger partial charge in [-0.1, -0.05) is 39.8 Å². The minimum absolute atomic E-state index is 0.690. The Hall–Kier alpha value is -1.02. The molecule has 0 fully saturated rings. The molecule has 102 valence electrons. The molecule has 0 bridgehead atoms. The van der Waals surface area contributed by atoms with E-state index in [4.69, 9.17) is 4.74 Å². The monoisotopic (exact) mass is 249 g/mol. The number of nitrogens with one attached hydrogen (secondary N) is 1. The Bertz CT molecular complexity index is 304. The lowest BCUT2D eigenvalue weighted by molar-refractivity contribution is 0.289. The van der Waals surface area contributed by atoms with E-state index in [-0.39, 0.29) is 0 Å². The van der Waals surface area contributed by atoms with Crippen LogP contribution in [0.3, 0.4) is 0 Å². The lowest BCUT2D eigenvalue weighted by atomic mass is 10.1. The number of ether oxygens (including phenoxy) is 1. The van der Waals surface area contributed by atoms with Gasteiger partial charge in [0.1, 0.15) is 5.75 Å². The molecular formula is C16H27NO. The van der Waals surface area contributed by atoms with Gasteiger partial charge in [-0.2, -0.15) is 0 Å². The van der Waals surface area contributed by atoms with E-state index in [1.165, 1.54) is 5.56 Å². The van der Waals surface area contributed by atoms with Gasteiger partial charge in [-0.3, -0.25) is 0 Å². The normalized spacial score (nSPS) is 11.2. The van der Waals surface area contributed by atoms with E-state index in [1.807, 2.05) is 6.07 Å². The summed E-state index contributed by atoms with van der Waals surface area (Å²) in [6.07, 6.45) is 1.11. The van der Waals surface area contributed by atoms with E-state index in [1.54, 1.807) is 0 Å². The summed E-state index contributed by atoms with van der Waals surface area (Å²) in [7, 11) is 0. The Kier molecular flexibility index (Phi) is 6.81. The average Bonchev–Trinajstić information content (AvgIpc) is 2.28. The van der Waals surface area contributed by atoms with Crippen molar-refractivity contribution in [3.8, 4) is 5.75 Å². The number of hydrogen-bond donors (Lipinski definition) is 1. The maximum Gasteiger partial charge on any atom is 0.119 e. The highest BCUT2D eigenvalue weighted by molar-refractivity contribution is 5.28. The molecule has 0 amide bonds. The van der Waals surface area contributed by atoms with Crippen molar-refractivity contribution in [2.24, 2.45) is 11.8 Å². The smallest absolute Gasteiger partial charge is 0.119 e. The largest absolute Gasteiger partial charge is 0.494 e. The number of rotatable bonds is 8. The summed E-state index contributed by atoms with van der Waals surface area (Å²) in [5.41, 5.74) is 1.29. The first kappa shape index (κ1) is 15.0. The molecule has 2 heteroatoms. The maximum atomic E-state index is 5.76. The van der Waals surface area contributed by atoms with Crippen LogP contribution in [0.4, 0.5) is 0 Å². The zero-order valence-electron chi connectivity index (χ0n) is 12.2. The SMILES string of the molecule is CC(C)CCOc1cccc(CNCC(C)C)c1. The Morgan fingerprint density at radius 2 is 1.89 bits per heavy atom. The predicted molar refractivity (Wildman–Crippen MR) is 77.9 cm³/mol. The van der Waals surface area contributed by atoms with Gasteiger partial charge >= 0.3 is 0 Å². The first-order valence-corrected chi connectivity index (χ1v) is 7.00. The molecule has 1 aromatic rings. The standard InChI is InChI=1S/C16H27NO/c1-13(2)8-9-18-16-7-5-6-15(10-16)12-17-11-14(3)4/h5-7,10,13-14,17H,8-9,11-12H2,1-4H3. The van der Waals surface area contributed by atoms with Crippen LogP contribution in [-0.2, 0) is 6.54 Å². The summed E-state index contributed by atoms with van der Waals surface area (Å²) in [5.74, 6) is 2.37. The fourth-order valence-electron chi connectivity index (χ4n) is 1.66. The third kappa shape index (κ3) is 6.65. The molecule has 18 heavy (non-hydrogen) atoms. The zero-order valence-corrected chi connectivity index (χ0v) is 12.2. The van der Waals surface area contributed by atoms with Gasteiger partial charge in [0.05, 0.1) is 6.61 Å². The maximum absolute atomic E-state index is 5.76. The minimum atomic E-state index is 0.690. The van der Waals surface area contributed by atoms with Crippen LogP contribution in [0.2, 0.25) is 0 Å². The fraction of sp³-hybridized carbons (Fsp3) is 0.625. The second kappa shape index (κ2) is 8.15. The molecule has 0 unspecified atom stereocenters. The van der Waals surface area contributed by atoms with Gasteiger partial charge in [-0.15, -0.1) is 0 Å². The van der Waals surface area contributed by atoms with E-state index in [2.05, 4.69) is 51.2 Å². The summed E-state index contributed by atoms with van der Waals surface area (Å²) in [6, 6.07) is 8.37. The topological polar surface area (TPSA) is 21.3 Å². The van der Waals surface area contributed by atoms with Crippen LogP contribution in [0.5, 0.6) is 5.75 Å². The van der Waals surface area contributed by atoms with E-state index in [9.17, 15) is 0 Å². The Morgan fingerprint density at radius 1 is 1.11 bits per heavy atom. The molecule has 1 aromatic carbocycles. The fourth-order valence-corrected chi connectivity index (χ4v) is 1.66. The van der Waals surface area contributed by atoms with Crippen molar-refractivity contribution < 1.29 is 4.74 Å². The third-order valence-electron chi connectivity index (χ3n) is 2.74. The zero-order chi connectivity index (χ0) is 13.4. The summed E-state index contributed by atoms with van der Waals surface area (Å²) >= 11 is 0. The number of benzene rings is 1. The van der Waals surface area contributed by atoms with Crippen molar-refractivity contribution in [2.45, 2.75) is 40.7 Å². The molecule has 0 heterocycles. The first-order chi connectivity index (χ1) is 8.58. The molecule has 1 rings (SSSR count). The van der Waals surface area contributed by atoms with Gasteiger partial charge in [0.15, 0.2) is 0 Å². The van der Waals surface area contributed by atoms with E-state index in [0.29, 0.717) is 11.8 Å². The molecule has 0 aliphatic carbocycles. The molecule has 0 saturated carbocycles. The molecular weight excluding hydrogens is 222 g/mol. The van der Waals surface area contributed by atoms with Gasteiger partial charge in [0.25, 0.3) is 0 Å². The quantitative estimate of drug-likeness (QED) is 0.755. The highest BCUT2D eigenvalue weighted by atomic mass is 16.5. The van der Waals surface area contributed by atoms with E-state index < -0.39 is 0 Å². The van der Waals surface area contributed by atoms with Crippen LogP contribution in [0.15, 0.2) is 24.3 Å². The molecule has 0 aliphatic heterocycles. The second-order valence-corrected chi connectivity index (χ2v) is 5.70. The molecule has 1 N–H and O–H groups in total. The lowest BCUT2D eigenvalue weighted by Gasteiger charge is -2.11. The van der Waals surface area contributed by atoms with Crippen molar-refractivity contribution in [3.05, 3.63) is 29.8 Å². The molecule has 0 radical (unpaired) electrons. The van der Waals surface area contributed by atoms with Crippen molar-refractivity contribution in [2.75, 3.05) is 13.2 Å². The number of hydrogen-bond acceptors (Lipinski definition) is 2. The highest BCUT2D eigenvalue weighted by Gasteiger charge is 1.99. The van der Waals surface area contributed by atoms with E-state index >= 15 is 0 Å². The molecule has 0 aliphatic rings. The Balaban J connectivity index is 2.36. The molecule has 0 spiro atoms. The Labute approximate surface area is 112 Å². The highest BCUT2D eigenvalue weighted by Crippen LogP contribution is 2.14. The van der Waals surface area contributed by atoms with Crippen LogP contribution < -0.4 is 10.1 Å². The molecule has 2 nitrogen and oxygen atoms in total. The molecule has 0 saturated heterocycles. The second-order valence-electron chi connectivity index (χ2n) is 5.70. The van der Waals surface area contributed by atoms with Crippen LogP contribution in [0, 0.1) is 11.8 Å². The van der Waals surface area contributed by atoms with Crippen LogP contribution in [0.1, 0.15) is 39.7 Å². The van der Waals surface area contributed by atoms with Crippen molar-refractivity contribution in [3.63, 3.8) is 0 Å². The molecule has 0 aromatic heterocycles. The minimum Gasteiger partial charge on any atom is -0.494 e. The van der Waals surface area contributed by atoms with Gasteiger partial charge in [0, 0.05) is 6.54 Å². The van der Waals surface area contributed by atoms with Crippen LogP contribution in [0.25, 0.3) is 0 Å². The summed E-state index contributed by atoms with van der Waals surface area (Å²) in [5, 5.41) is 3.45. The third-order valence-corrected chi connectivity index (χ3v) is 2.74. The lowest BCUT2D eigenvalue weighted by Crippen LogP contribution is -2.18. The van der Waals surface area contributed by atoms with Gasteiger partial charge in [-0.05, 0) is 42.5 Å². The van der Waals surface area contributed by atoms with Gasteiger partial charge in [-0.25, -0.2) is 0 Å². The van der Waals surface area contributed by atoms with Crippen LogP contribution >= 0.6 is 0 Å². The summed E-state index contributed by atoms with van der Waals surface area (Å²) in [6.45, 7) is 11.7. The molecule has 0 atom stereocenters.